The Morgan fingerprint density at radius 3 is 2.46 bits per heavy atom. The number of aryl methyl sites for hydroxylation is 2. The summed E-state index contributed by atoms with van der Waals surface area (Å²) in [6.45, 7) is 9.77. The van der Waals surface area contributed by atoms with Crippen molar-refractivity contribution < 1.29 is 9.59 Å². The van der Waals surface area contributed by atoms with Gasteiger partial charge in [0.05, 0.1) is 17.8 Å². The van der Waals surface area contributed by atoms with Gasteiger partial charge >= 0.3 is 0 Å². The second-order valence-corrected chi connectivity index (χ2v) is 7.80. The zero-order valence-corrected chi connectivity index (χ0v) is 17.5. The van der Waals surface area contributed by atoms with Crippen molar-refractivity contribution in [3.8, 4) is 0 Å². The molecule has 2 rings (SSSR count). The molecule has 0 bridgehead atoms. The van der Waals surface area contributed by atoms with E-state index in [0.29, 0.717) is 30.3 Å². The maximum Gasteiger partial charge on any atom is 0.253 e. The van der Waals surface area contributed by atoms with Crippen LogP contribution in [0.25, 0.3) is 0 Å². The van der Waals surface area contributed by atoms with E-state index in [9.17, 15) is 9.59 Å². The first-order chi connectivity index (χ1) is 13.3. The number of rotatable bonds is 8. The Labute approximate surface area is 168 Å². The summed E-state index contributed by atoms with van der Waals surface area (Å²) in [5.74, 6) is 0.0502. The quantitative estimate of drug-likeness (QED) is 0.732. The van der Waals surface area contributed by atoms with E-state index in [4.69, 9.17) is 0 Å². The number of benzene rings is 2. The number of nitrogens with zero attached hydrogens (tertiary/aromatic N) is 1. The summed E-state index contributed by atoms with van der Waals surface area (Å²) in [7, 11) is 1.92. The van der Waals surface area contributed by atoms with Crippen molar-refractivity contribution in [3.05, 3.63) is 64.7 Å². The molecule has 0 aliphatic carbocycles. The molecular weight excluding hydrogens is 350 g/mol. The smallest absolute Gasteiger partial charge is 0.253 e. The zero-order chi connectivity index (χ0) is 20.7. The first kappa shape index (κ1) is 21.6. The van der Waals surface area contributed by atoms with E-state index in [2.05, 4.69) is 42.7 Å². The van der Waals surface area contributed by atoms with Crippen molar-refractivity contribution in [2.75, 3.05) is 25.5 Å². The van der Waals surface area contributed by atoms with Crippen molar-refractivity contribution >= 4 is 17.5 Å². The summed E-state index contributed by atoms with van der Waals surface area (Å²) >= 11 is 0. The summed E-state index contributed by atoms with van der Waals surface area (Å²) in [6.07, 6.45) is 0. The van der Waals surface area contributed by atoms with E-state index in [0.717, 1.165) is 0 Å². The number of likely N-dealkylation sites (N-methyl/N-ethyl adjacent to an activating group) is 1. The minimum Gasteiger partial charge on any atom is -0.352 e. The van der Waals surface area contributed by atoms with Gasteiger partial charge in [-0.15, -0.1) is 0 Å². The van der Waals surface area contributed by atoms with Gasteiger partial charge in [0, 0.05) is 13.1 Å². The van der Waals surface area contributed by atoms with Crippen LogP contribution in [0.4, 0.5) is 5.69 Å². The van der Waals surface area contributed by atoms with E-state index in [1.54, 1.807) is 18.2 Å². The molecule has 0 heterocycles. The third-order valence-electron chi connectivity index (χ3n) is 4.47. The molecule has 0 aromatic heterocycles. The van der Waals surface area contributed by atoms with Crippen LogP contribution in [0.2, 0.25) is 0 Å². The van der Waals surface area contributed by atoms with Crippen molar-refractivity contribution in [2.45, 2.75) is 34.2 Å². The molecule has 0 fully saturated rings. The van der Waals surface area contributed by atoms with Crippen LogP contribution in [-0.4, -0.2) is 36.9 Å². The highest BCUT2D eigenvalue weighted by Gasteiger charge is 2.14. The Bertz CT molecular complexity index is 830. The molecule has 0 atom stereocenters. The van der Waals surface area contributed by atoms with Crippen molar-refractivity contribution in [2.24, 2.45) is 5.92 Å². The Morgan fingerprint density at radius 1 is 1.07 bits per heavy atom. The Kier molecular flexibility index (Phi) is 7.76. The summed E-state index contributed by atoms with van der Waals surface area (Å²) in [4.78, 5) is 26.9. The highest BCUT2D eigenvalue weighted by Crippen LogP contribution is 2.16. The van der Waals surface area contributed by atoms with Crippen LogP contribution in [0, 0.1) is 19.8 Å². The van der Waals surface area contributed by atoms with Gasteiger partial charge in [0.15, 0.2) is 0 Å². The third kappa shape index (κ3) is 6.50. The first-order valence-electron chi connectivity index (χ1n) is 9.68. The molecule has 0 saturated carbocycles. The number of nitrogens with one attached hydrogen (secondary N) is 2. The van der Waals surface area contributed by atoms with Gasteiger partial charge in [-0.25, -0.2) is 0 Å². The summed E-state index contributed by atoms with van der Waals surface area (Å²) in [5.41, 5.74) is 4.67. The minimum atomic E-state index is -0.173. The minimum absolute atomic E-state index is 0.142. The first-order valence-corrected chi connectivity index (χ1v) is 9.68. The lowest BCUT2D eigenvalue weighted by Crippen LogP contribution is -2.32. The standard InChI is InChI=1S/C23H31N3O2/c1-16(2)13-24-23(28)20-8-6-7-9-21(20)25-22(27)15-26(5)14-19-11-10-17(3)12-18(19)4/h6-12,16H,13-15H2,1-5H3,(H,24,28)(H,25,27). The van der Waals surface area contributed by atoms with Gasteiger partial charge in [0.2, 0.25) is 5.91 Å². The highest BCUT2D eigenvalue weighted by atomic mass is 16.2. The fourth-order valence-electron chi connectivity index (χ4n) is 2.99. The van der Waals surface area contributed by atoms with Crippen molar-refractivity contribution in [1.29, 1.82) is 0 Å². The molecule has 0 aliphatic rings. The molecule has 5 heteroatoms. The lowest BCUT2D eigenvalue weighted by molar-refractivity contribution is -0.117. The van der Waals surface area contributed by atoms with Gasteiger partial charge < -0.3 is 10.6 Å². The van der Waals surface area contributed by atoms with Gasteiger partial charge in [0.25, 0.3) is 5.91 Å². The normalized spacial score (nSPS) is 11.0. The summed E-state index contributed by atoms with van der Waals surface area (Å²) in [6, 6.07) is 13.4. The number of hydrogen-bond donors (Lipinski definition) is 2. The zero-order valence-electron chi connectivity index (χ0n) is 17.5. The van der Waals surface area contributed by atoms with Gasteiger partial charge in [0.1, 0.15) is 0 Å². The van der Waals surface area contributed by atoms with Crippen LogP contribution in [0.15, 0.2) is 42.5 Å². The highest BCUT2D eigenvalue weighted by molar-refractivity contribution is 6.04. The lowest BCUT2D eigenvalue weighted by Gasteiger charge is -2.19. The van der Waals surface area contributed by atoms with E-state index < -0.39 is 0 Å². The molecule has 2 amide bonds. The third-order valence-corrected chi connectivity index (χ3v) is 4.47. The fraction of sp³-hybridized carbons (Fsp3) is 0.391. The molecule has 0 radical (unpaired) electrons. The Balaban J connectivity index is 1.98. The maximum absolute atomic E-state index is 12.5. The molecule has 0 unspecified atom stereocenters. The molecule has 2 aromatic rings. The molecule has 0 aliphatic heterocycles. The average molecular weight is 382 g/mol. The molecule has 5 nitrogen and oxygen atoms in total. The van der Waals surface area contributed by atoms with Crippen LogP contribution in [0.5, 0.6) is 0 Å². The Hall–Kier alpha value is -2.66. The number of carbonyl (C=O) groups is 2. The predicted molar refractivity (Wildman–Crippen MR) is 114 cm³/mol. The topological polar surface area (TPSA) is 61.4 Å². The van der Waals surface area contributed by atoms with E-state index in [-0.39, 0.29) is 18.4 Å². The molecule has 2 aromatic carbocycles. The SMILES string of the molecule is Cc1ccc(CN(C)CC(=O)Nc2ccccc2C(=O)NCC(C)C)c(C)c1. The molecule has 28 heavy (non-hydrogen) atoms. The number of carbonyl (C=O) groups excluding carboxylic acids is 2. The van der Waals surface area contributed by atoms with Gasteiger partial charge in [-0.3, -0.25) is 14.5 Å². The van der Waals surface area contributed by atoms with Gasteiger partial charge in [-0.05, 0) is 50.1 Å². The molecular formula is C23H31N3O2. The van der Waals surface area contributed by atoms with E-state index >= 15 is 0 Å². The van der Waals surface area contributed by atoms with Crippen LogP contribution in [-0.2, 0) is 11.3 Å². The number of hydrogen-bond acceptors (Lipinski definition) is 3. The van der Waals surface area contributed by atoms with Crippen LogP contribution in [0.3, 0.4) is 0 Å². The van der Waals surface area contributed by atoms with Gasteiger partial charge in [-0.1, -0.05) is 49.7 Å². The molecule has 2 N–H and O–H groups in total. The summed E-state index contributed by atoms with van der Waals surface area (Å²) in [5, 5.41) is 5.77. The number of anilines is 1. The average Bonchev–Trinajstić information content (AvgIpc) is 2.62. The second-order valence-electron chi connectivity index (χ2n) is 7.80. The monoisotopic (exact) mass is 381 g/mol. The second kappa shape index (κ2) is 10.0. The van der Waals surface area contributed by atoms with Crippen molar-refractivity contribution in [1.82, 2.24) is 10.2 Å². The fourth-order valence-corrected chi connectivity index (χ4v) is 2.99. The molecule has 150 valence electrons. The Morgan fingerprint density at radius 2 is 1.79 bits per heavy atom. The van der Waals surface area contributed by atoms with Crippen LogP contribution in [0.1, 0.15) is 40.9 Å². The van der Waals surface area contributed by atoms with Crippen LogP contribution >= 0.6 is 0 Å². The van der Waals surface area contributed by atoms with E-state index in [1.807, 2.05) is 31.9 Å². The molecule has 0 saturated heterocycles. The van der Waals surface area contributed by atoms with Crippen molar-refractivity contribution in [3.63, 3.8) is 0 Å². The summed E-state index contributed by atoms with van der Waals surface area (Å²) < 4.78 is 0. The number of para-hydroxylation sites is 1. The lowest BCUT2D eigenvalue weighted by atomic mass is 10.1. The van der Waals surface area contributed by atoms with E-state index in [1.165, 1.54) is 16.7 Å². The number of amides is 2. The van der Waals surface area contributed by atoms with Gasteiger partial charge in [-0.2, -0.15) is 0 Å². The predicted octanol–water partition coefficient (Wildman–Crippen LogP) is 3.76. The maximum atomic E-state index is 12.5. The van der Waals surface area contributed by atoms with Crippen LogP contribution < -0.4 is 10.6 Å². The molecule has 0 spiro atoms. The largest absolute Gasteiger partial charge is 0.352 e.